The molecular formula is C12H15NO5S. The van der Waals surface area contributed by atoms with E-state index < -0.39 is 16.0 Å². The molecule has 104 valence electrons. The van der Waals surface area contributed by atoms with Gasteiger partial charge in [-0.15, -0.1) is 0 Å². The van der Waals surface area contributed by atoms with Crippen LogP contribution in [0, 0.1) is 0 Å². The van der Waals surface area contributed by atoms with Crippen LogP contribution in [-0.2, 0) is 32.8 Å². The highest BCUT2D eigenvalue weighted by molar-refractivity contribution is 7.92. The lowest BCUT2D eigenvalue weighted by Crippen LogP contribution is -2.17. The van der Waals surface area contributed by atoms with Crippen LogP contribution >= 0.6 is 0 Å². The zero-order chi connectivity index (χ0) is 13.9. The standard InChI is InChI=1S/C12H15NO5S/c14-12(15)2-1-5-19(16,17)13-11-4-3-9-7-18-8-10(9)6-11/h3-4,6,13H,1-2,5,7-8H2,(H,14,15). The summed E-state index contributed by atoms with van der Waals surface area (Å²) in [5, 5.41) is 8.48. The van der Waals surface area contributed by atoms with Gasteiger partial charge in [0.05, 0.1) is 19.0 Å². The predicted octanol–water partition coefficient (Wildman–Crippen LogP) is 1.32. The van der Waals surface area contributed by atoms with Crippen molar-refractivity contribution < 1.29 is 23.1 Å². The van der Waals surface area contributed by atoms with Crippen molar-refractivity contribution in [2.75, 3.05) is 10.5 Å². The zero-order valence-electron chi connectivity index (χ0n) is 10.3. The molecule has 1 aliphatic heterocycles. The number of hydrogen-bond donors (Lipinski definition) is 2. The van der Waals surface area contributed by atoms with E-state index in [-0.39, 0.29) is 18.6 Å². The Morgan fingerprint density at radius 3 is 2.79 bits per heavy atom. The van der Waals surface area contributed by atoms with Gasteiger partial charge in [-0.25, -0.2) is 8.42 Å². The summed E-state index contributed by atoms with van der Waals surface area (Å²) in [5.41, 5.74) is 2.53. The van der Waals surface area contributed by atoms with Gasteiger partial charge in [-0.3, -0.25) is 9.52 Å². The lowest BCUT2D eigenvalue weighted by molar-refractivity contribution is -0.137. The van der Waals surface area contributed by atoms with Crippen LogP contribution in [0.1, 0.15) is 24.0 Å². The number of carboxylic acids is 1. The molecule has 1 aliphatic rings. The van der Waals surface area contributed by atoms with Crippen LogP contribution in [0.4, 0.5) is 5.69 Å². The van der Waals surface area contributed by atoms with Crippen LogP contribution < -0.4 is 4.72 Å². The molecule has 0 saturated heterocycles. The zero-order valence-corrected chi connectivity index (χ0v) is 11.1. The molecular weight excluding hydrogens is 270 g/mol. The molecule has 0 amide bonds. The van der Waals surface area contributed by atoms with Crippen molar-refractivity contribution in [3.8, 4) is 0 Å². The molecule has 0 aliphatic carbocycles. The fraction of sp³-hybridized carbons (Fsp3) is 0.417. The van der Waals surface area contributed by atoms with Crippen molar-refractivity contribution in [3.05, 3.63) is 29.3 Å². The number of anilines is 1. The number of ether oxygens (including phenoxy) is 1. The average molecular weight is 285 g/mol. The summed E-state index contributed by atoms with van der Waals surface area (Å²) in [6, 6.07) is 5.26. The van der Waals surface area contributed by atoms with Crippen molar-refractivity contribution >= 4 is 21.7 Å². The third kappa shape index (κ3) is 3.93. The monoisotopic (exact) mass is 285 g/mol. The number of benzene rings is 1. The van der Waals surface area contributed by atoms with E-state index in [9.17, 15) is 13.2 Å². The minimum absolute atomic E-state index is 0.0960. The molecule has 1 aromatic carbocycles. The summed E-state index contributed by atoms with van der Waals surface area (Å²) in [5.74, 6) is -1.20. The highest BCUT2D eigenvalue weighted by Gasteiger charge is 2.15. The Balaban J connectivity index is 1.98. The molecule has 7 heteroatoms. The van der Waals surface area contributed by atoms with Gasteiger partial charge in [0.1, 0.15) is 0 Å². The lowest BCUT2D eigenvalue weighted by Gasteiger charge is -2.08. The SMILES string of the molecule is O=C(O)CCCS(=O)(=O)Nc1ccc2c(c1)COC2. The average Bonchev–Trinajstić information content (AvgIpc) is 2.74. The van der Waals surface area contributed by atoms with Gasteiger partial charge in [0, 0.05) is 12.1 Å². The quantitative estimate of drug-likeness (QED) is 0.822. The van der Waals surface area contributed by atoms with Crippen molar-refractivity contribution in [2.45, 2.75) is 26.1 Å². The maximum Gasteiger partial charge on any atom is 0.303 e. The fourth-order valence-corrected chi connectivity index (χ4v) is 2.99. The summed E-state index contributed by atoms with van der Waals surface area (Å²) >= 11 is 0. The fourth-order valence-electron chi connectivity index (χ4n) is 1.88. The molecule has 0 atom stereocenters. The summed E-state index contributed by atoms with van der Waals surface area (Å²) in [7, 11) is -3.50. The topological polar surface area (TPSA) is 92.7 Å². The second-order valence-corrected chi connectivity index (χ2v) is 6.24. The maximum atomic E-state index is 11.7. The van der Waals surface area contributed by atoms with E-state index in [0.717, 1.165) is 11.1 Å². The number of carboxylic acid groups (broad SMARTS) is 1. The van der Waals surface area contributed by atoms with E-state index in [2.05, 4.69) is 4.72 Å². The van der Waals surface area contributed by atoms with Crippen LogP contribution in [0.25, 0.3) is 0 Å². The Morgan fingerprint density at radius 1 is 1.32 bits per heavy atom. The molecule has 0 unspecified atom stereocenters. The predicted molar refractivity (Wildman–Crippen MR) is 69.2 cm³/mol. The molecule has 0 radical (unpaired) electrons. The minimum atomic E-state index is -3.50. The highest BCUT2D eigenvalue weighted by Crippen LogP contribution is 2.23. The van der Waals surface area contributed by atoms with Gasteiger partial charge in [-0.1, -0.05) is 6.07 Å². The number of nitrogens with one attached hydrogen (secondary N) is 1. The second-order valence-electron chi connectivity index (χ2n) is 4.39. The van der Waals surface area contributed by atoms with E-state index in [1.54, 1.807) is 12.1 Å². The Bertz CT molecular complexity index is 582. The normalized spacial score (nSPS) is 14.1. The number of aliphatic carboxylic acids is 1. The van der Waals surface area contributed by atoms with Crippen molar-refractivity contribution in [1.82, 2.24) is 0 Å². The number of carbonyl (C=O) groups is 1. The van der Waals surface area contributed by atoms with Crippen LogP contribution in [0.3, 0.4) is 0 Å². The molecule has 0 spiro atoms. The van der Waals surface area contributed by atoms with Crippen LogP contribution in [0.15, 0.2) is 18.2 Å². The molecule has 19 heavy (non-hydrogen) atoms. The van der Waals surface area contributed by atoms with Crippen LogP contribution in [0.5, 0.6) is 0 Å². The largest absolute Gasteiger partial charge is 0.481 e. The lowest BCUT2D eigenvalue weighted by atomic mass is 10.1. The first-order chi connectivity index (χ1) is 8.96. The molecule has 2 rings (SSSR count). The second kappa shape index (κ2) is 5.58. The van der Waals surface area contributed by atoms with Crippen molar-refractivity contribution in [2.24, 2.45) is 0 Å². The smallest absolute Gasteiger partial charge is 0.303 e. The molecule has 0 bridgehead atoms. The summed E-state index contributed by atoms with van der Waals surface area (Å²) in [4.78, 5) is 10.3. The molecule has 1 aromatic rings. The highest BCUT2D eigenvalue weighted by atomic mass is 32.2. The molecule has 0 fully saturated rings. The number of hydrogen-bond acceptors (Lipinski definition) is 4. The molecule has 0 aromatic heterocycles. The molecule has 1 heterocycles. The van der Waals surface area contributed by atoms with Gasteiger partial charge in [-0.05, 0) is 29.7 Å². The molecule has 2 N–H and O–H groups in total. The first kappa shape index (κ1) is 13.8. The van der Waals surface area contributed by atoms with Gasteiger partial charge in [0.15, 0.2) is 0 Å². The van der Waals surface area contributed by atoms with E-state index in [1.165, 1.54) is 0 Å². The van der Waals surface area contributed by atoms with E-state index in [1.807, 2.05) is 6.07 Å². The van der Waals surface area contributed by atoms with E-state index >= 15 is 0 Å². The van der Waals surface area contributed by atoms with Gasteiger partial charge < -0.3 is 9.84 Å². The third-order valence-electron chi connectivity index (χ3n) is 2.80. The summed E-state index contributed by atoms with van der Waals surface area (Å²) in [6.45, 7) is 1.05. The van der Waals surface area contributed by atoms with Crippen LogP contribution in [0.2, 0.25) is 0 Å². The minimum Gasteiger partial charge on any atom is -0.481 e. The maximum absolute atomic E-state index is 11.7. The van der Waals surface area contributed by atoms with Gasteiger partial charge in [0.25, 0.3) is 0 Å². The Hall–Kier alpha value is -1.60. The Labute approximate surface area is 111 Å². The first-order valence-corrected chi connectivity index (χ1v) is 7.53. The number of sulfonamides is 1. The van der Waals surface area contributed by atoms with Crippen LogP contribution in [-0.4, -0.2) is 25.2 Å². The molecule has 6 nitrogen and oxygen atoms in total. The van der Waals surface area contributed by atoms with E-state index in [4.69, 9.17) is 9.84 Å². The van der Waals surface area contributed by atoms with Crippen molar-refractivity contribution in [1.29, 1.82) is 0 Å². The summed E-state index contributed by atoms with van der Waals surface area (Å²) < 4.78 is 31.2. The van der Waals surface area contributed by atoms with E-state index in [0.29, 0.717) is 18.9 Å². The number of rotatable bonds is 6. The van der Waals surface area contributed by atoms with Gasteiger partial charge in [-0.2, -0.15) is 0 Å². The van der Waals surface area contributed by atoms with Gasteiger partial charge in [0.2, 0.25) is 10.0 Å². The Kier molecular flexibility index (Phi) is 4.06. The van der Waals surface area contributed by atoms with Gasteiger partial charge >= 0.3 is 5.97 Å². The molecule has 0 saturated carbocycles. The first-order valence-electron chi connectivity index (χ1n) is 5.88. The van der Waals surface area contributed by atoms with Crippen molar-refractivity contribution in [3.63, 3.8) is 0 Å². The third-order valence-corrected chi connectivity index (χ3v) is 4.17. The number of fused-ring (bicyclic) bond motifs is 1. The Morgan fingerprint density at radius 2 is 2.05 bits per heavy atom. The summed E-state index contributed by atoms with van der Waals surface area (Å²) in [6.07, 6.45) is -0.0579.